The van der Waals surface area contributed by atoms with Crippen LogP contribution in [0.1, 0.15) is 17.7 Å². The predicted octanol–water partition coefficient (Wildman–Crippen LogP) is 5.20. The van der Waals surface area contributed by atoms with Crippen LogP contribution in [0.25, 0.3) is 10.9 Å². The van der Waals surface area contributed by atoms with Gasteiger partial charge in [0.05, 0.1) is 5.52 Å². The fourth-order valence-corrected chi connectivity index (χ4v) is 2.72. The molecular formula is C20H19ClN2. The molecule has 0 bridgehead atoms. The van der Waals surface area contributed by atoms with Crippen LogP contribution in [0.3, 0.4) is 0 Å². The van der Waals surface area contributed by atoms with Crippen molar-refractivity contribution < 1.29 is 0 Å². The molecule has 0 saturated heterocycles. The molecule has 0 aliphatic heterocycles. The first-order chi connectivity index (χ1) is 11.2. The average Bonchev–Trinajstić information content (AvgIpc) is 2.56. The van der Waals surface area contributed by atoms with E-state index in [1.807, 2.05) is 36.4 Å². The van der Waals surface area contributed by atoms with Crippen molar-refractivity contribution in [2.24, 2.45) is 0 Å². The highest BCUT2D eigenvalue weighted by Gasteiger charge is 1.99. The van der Waals surface area contributed by atoms with Crippen molar-refractivity contribution in [3.05, 3.63) is 83.0 Å². The van der Waals surface area contributed by atoms with Gasteiger partial charge in [0.1, 0.15) is 0 Å². The Hall–Kier alpha value is -2.32. The number of para-hydroxylation sites is 1. The Balaban J connectivity index is 1.58. The Morgan fingerprint density at radius 2 is 1.83 bits per heavy atom. The molecular weight excluding hydrogens is 304 g/mol. The second kappa shape index (κ2) is 7.30. The molecule has 3 rings (SSSR count). The highest BCUT2D eigenvalue weighted by Crippen LogP contribution is 2.18. The third-order valence-corrected chi connectivity index (χ3v) is 4.07. The summed E-state index contributed by atoms with van der Waals surface area (Å²) in [6.07, 6.45) is 7.11. The molecule has 2 nitrogen and oxygen atoms in total. The number of hydrogen-bond acceptors (Lipinski definition) is 2. The van der Waals surface area contributed by atoms with Gasteiger partial charge in [0.2, 0.25) is 0 Å². The zero-order chi connectivity index (χ0) is 16.1. The summed E-state index contributed by atoms with van der Waals surface area (Å²) in [4.78, 5) is 4.67. The molecule has 0 amide bonds. The molecule has 0 saturated carbocycles. The van der Waals surface area contributed by atoms with Gasteiger partial charge < -0.3 is 5.73 Å². The van der Waals surface area contributed by atoms with E-state index in [4.69, 9.17) is 17.3 Å². The Morgan fingerprint density at radius 3 is 2.70 bits per heavy atom. The number of anilines is 1. The van der Waals surface area contributed by atoms with Crippen LogP contribution in [0, 0.1) is 0 Å². The lowest BCUT2D eigenvalue weighted by atomic mass is 10.1. The SMILES string of the molecule is Nc1ccccc1CC=CCCc1ccc2ccc(Cl)cc2n1. The summed E-state index contributed by atoms with van der Waals surface area (Å²) in [5, 5.41) is 1.84. The molecule has 0 unspecified atom stereocenters. The number of benzene rings is 2. The van der Waals surface area contributed by atoms with Crippen LogP contribution < -0.4 is 5.73 Å². The number of nitrogens with zero attached hydrogens (tertiary/aromatic N) is 1. The molecule has 3 heteroatoms. The van der Waals surface area contributed by atoms with E-state index in [1.54, 1.807) is 0 Å². The van der Waals surface area contributed by atoms with E-state index in [0.717, 1.165) is 46.6 Å². The summed E-state index contributed by atoms with van der Waals surface area (Å²) in [5.74, 6) is 0. The molecule has 0 aliphatic carbocycles. The van der Waals surface area contributed by atoms with E-state index in [0.29, 0.717) is 0 Å². The van der Waals surface area contributed by atoms with E-state index >= 15 is 0 Å². The number of allylic oxidation sites excluding steroid dienone is 2. The zero-order valence-electron chi connectivity index (χ0n) is 12.9. The van der Waals surface area contributed by atoms with Crippen molar-refractivity contribution in [2.45, 2.75) is 19.3 Å². The first-order valence-electron chi connectivity index (χ1n) is 7.76. The number of fused-ring (bicyclic) bond motifs is 1. The minimum Gasteiger partial charge on any atom is -0.398 e. The molecule has 1 heterocycles. The summed E-state index contributed by atoms with van der Waals surface area (Å²) >= 11 is 6.03. The molecule has 2 N–H and O–H groups in total. The second-order valence-electron chi connectivity index (χ2n) is 5.55. The summed E-state index contributed by atoms with van der Waals surface area (Å²) in [7, 11) is 0. The highest BCUT2D eigenvalue weighted by molar-refractivity contribution is 6.31. The maximum atomic E-state index is 6.03. The Kier molecular flexibility index (Phi) is 4.94. The molecule has 23 heavy (non-hydrogen) atoms. The summed E-state index contributed by atoms with van der Waals surface area (Å²) in [5.41, 5.74) is 10.00. The maximum Gasteiger partial charge on any atom is 0.0720 e. The third kappa shape index (κ3) is 4.11. The van der Waals surface area contributed by atoms with Gasteiger partial charge in [-0.15, -0.1) is 0 Å². The van der Waals surface area contributed by atoms with Gasteiger partial charge in [0.25, 0.3) is 0 Å². The topological polar surface area (TPSA) is 38.9 Å². The summed E-state index contributed by atoms with van der Waals surface area (Å²) in [6, 6.07) is 18.0. The number of aryl methyl sites for hydroxylation is 1. The van der Waals surface area contributed by atoms with E-state index in [2.05, 4.69) is 35.3 Å². The molecule has 2 aromatic carbocycles. The normalized spacial score (nSPS) is 11.3. The first kappa shape index (κ1) is 15.6. The van der Waals surface area contributed by atoms with E-state index in [9.17, 15) is 0 Å². The van der Waals surface area contributed by atoms with Crippen molar-refractivity contribution in [1.29, 1.82) is 0 Å². The van der Waals surface area contributed by atoms with Gasteiger partial charge >= 0.3 is 0 Å². The van der Waals surface area contributed by atoms with Gasteiger partial charge in [-0.05, 0) is 49.1 Å². The maximum absolute atomic E-state index is 6.03. The highest BCUT2D eigenvalue weighted by atomic mass is 35.5. The zero-order valence-corrected chi connectivity index (χ0v) is 13.6. The molecule has 0 atom stereocenters. The lowest BCUT2D eigenvalue weighted by Crippen LogP contribution is -1.92. The molecule has 1 aromatic heterocycles. The fraction of sp³-hybridized carbons (Fsp3) is 0.150. The third-order valence-electron chi connectivity index (χ3n) is 3.84. The molecule has 0 fully saturated rings. The Bertz CT molecular complexity index is 840. The lowest BCUT2D eigenvalue weighted by Gasteiger charge is -2.03. The first-order valence-corrected chi connectivity index (χ1v) is 8.14. The number of aromatic nitrogens is 1. The number of nitrogens with two attached hydrogens (primary N) is 1. The summed E-state index contributed by atoms with van der Waals surface area (Å²) < 4.78 is 0. The van der Waals surface area contributed by atoms with Gasteiger partial charge in [-0.3, -0.25) is 4.98 Å². The van der Waals surface area contributed by atoms with E-state index < -0.39 is 0 Å². The Morgan fingerprint density at radius 1 is 1.00 bits per heavy atom. The van der Waals surface area contributed by atoms with E-state index in [1.165, 1.54) is 5.56 Å². The smallest absolute Gasteiger partial charge is 0.0720 e. The number of halogens is 1. The van der Waals surface area contributed by atoms with Gasteiger partial charge in [0.15, 0.2) is 0 Å². The number of hydrogen-bond donors (Lipinski definition) is 1. The molecule has 0 spiro atoms. The molecule has 3 aromatic rings. The quantitative estimate of drug-likeness (QED) is 0.518. The van der Waals surface area contributed by atoms with Gasteiger partial charge in [-0.1, -0.05) is 54.1 Å². The van der Waals surface area contributed by atoms with Crippen molar-refractivity contribution in [1.82, 2.24) is 4.98 Å². The second-order valence-corrected chi connectivity index (χ2v) is 5.99. The largest absolute Gasteiger partial charge is 0.398 e. The van der Waals surface area contributed by atoms with Crippen molar-refractivity contribution in [2.75, 3.05) is 5.73 Å². The van der Waals surface area contributed by atoms with Crippen molar-refractivity contribution in [3.63, 3.8) is 0 Å². The van der Waals surface area contributed by atoms with Gasteiger partial charge in [0, 0.05) is 21.8 Å². The molecule has 0 aliphatic rings. The van der Waals surface area contributed by atoms with E-state index in [-0.39, 0.29) is 0 Å². The van der Waals surface area contributed by atoms with Gasteiger partial charge in [-0.25, -0.2) is 0 Å². The average molecular weight is 323 g/mol. The van der Waals surface area contributed by atoms with Gasteiger partial charge in [-0.2, -0.15) is 0 Å². The van der Waals surface area contributed by atoms with Crippen LogP contribution in [-0.4, -0.2) is 4.98 Å². The fourth-order valence-electron chi connectivity index (χ4n) is 2.55. The van der Waals surface area contributed by atoms with Crippen LogP contribution in [0.15, 0.2) is 66.7 Å². The Labute approximate surface area is 141 Å². The predicted molar refractivity (Wildman–Crippen MR) is 98.8 cm³/mol. The summed E-state index contributed by atoms with van der Waals surface area (Å²) in [6.45, 7) is 0. The van der Waals surface area contributed by atoms with Crippen LogP contribution in [0.4, 0.5) is 5.69 Å². The van der Waals surface area contributed by atoms with Crippen LogP contribution in [0.5, 0.6) is 0 Å². The van der Waals surface area contributed by atoms with Crippen molar-refractivity contribution in [3.8, 4) is 0 Å². The molecule has 0 radical (unpaired) electrons. The lowest BCUT2D eigenvalue weighted by molar-refractivity contribution is 0.950. The minimum atomic E-state index is 0.725. The van der Waals surface area contributed by atoms with Crippen LogP contribution >= 0.6 is 11.6 Å². The van der Waals surface area contributed by atoms with Crippen LogP contribution in [0.2, 0.25) is 5.02 Å². The minimum absolute atomic E-state index is 0.725. The number of nitrogen functional groups attached to an aromatic ring is 1. The standard InChI is InChI=1S/C20H19ClN2/c21-17-12-10-16-11-13-18(23-20(16)14-17)8-3-1-2-6-15-7-4-5-9-19(15)22/h1-2,4-5,7,9-14H,3,6,8,22H2. The molecule has 116 valence electrons. The number of pyridine rings is 1. The van der Waals surface area contributed by atoms with Crippen LogP contribution in [-0.2, 0) is 12.8 Å². The van der Waals surface area contributed by atoms with Crippen molar-refractivity contribution >= 4 is 28.2 Å². The monoisotopic (exact) mass is 322 g/mol. The number of rotatable bonds is 5.